The second-order valence-electron chi connectivity index (χ2n) is 5.06. The zero-order valence-electron chi connectivity index (χ0n) is 11.5. The van der Waals surface area contributed by atoms with Crippen LogP contribution in [0.1, 0.15) is 37.7 Å². The minimum absolute atomic E-state index is 0.0721. The quantitative estimate of drug-likeness (QED) is 0.643. The van der Waals surface area contributed by atoms with Gasteiger partial charge in [-0.25, -0.2) is 8.78 Å². The monoisotopic (exact) mass is 285 g/mol. The molecule has 1 aliphatic rings. The van der Waals surface area contributed by atoms with Gasteiger partial charge in [0.1, 0.15) is 0 Å². The molecule has 1 aliphatic heterocycles. The molecule has 1 saturated heterocycles. The van der Waals surface area contributed by atoms with Crippen LogP contribution in [0.25, 0.3) is 0 Å². The molecule has 0 amide bonds. The van der Waals surface area contributed by atoms with Gasteiger partial charge in [0.2, 0.25) is 0 Å². The average molecular weight is 285 g/mol. The Hall–Kier alpha value is -1.20. The number of aryl methyl sites for hydroxylation is 1. The van der Waals surface area contributed by atoms with Gasteiger partial charge in [-0.05, 0) is 50.2 Å². The molecule has 112 valence electrons. The van der Waals surface area contributed by atoms with Crippen molar-refractivity contribution in [3.8, 4) is 0 Å². The van der Waals surface area contributed by atoms with E-state index in [9.17, 15) is 8.78 Å². The number of anilines is 1. The molecule has 0 radical (unpaired) electrons. The summed E-state index contributed by atoms with van der Waals surface area (Å²) in [6.07, 6.45) is 5.43. The van der Waals surface area contributed by atoms with E-state index in [1.54, 1.807) is 6.07 Å². The highest BCUT2D eigenvalue weighted by Gasteiger charge is 2.13. The summed E-state index contributed by atoms with van der Waals surface area (Å²) in [4.78, 5) is 0. The summed E-state index contributed by atoms with van der Waals surface area (Å²) < 4.78 is 37.3. The van der Waals surface area contributed by atoms with Crippen LogP contribution in [0, 0.1) is 11.6 Å². The van der Waals surface area contributed by atoms with Crippen molar-refractivity contribution in [3.63, 3.8) is 0 Å². The second kappa shape index (κ2) is 7.55. The lowest BCUT2D eigenvalue weighted by molar-refractivity contribution is -0.162. The fourth-order valence-corrected chi connectivity index (χ4v) is 2.30. The predicted octanol–water partition coefficient (Wildman–Crippen LogP) is 3.41. The second-order valence-corrected chi connectivity index (χ2v) is 5.06. The largest absolute Gasteiger partial charge is 0.396 e. The van der Waals surface area contributed by atoms with E-state index in [4.69, 9.17) is 15.2 Å². The van der Waals surface area contributed by atoms with E-state index in [0.717, 1.165) is 44.8 Å². The highest BCUT2D eigenvalue weighted by molar-refractivity contribution is 5.48. The van der Waals surface area contributed by atoms with E-state index in [2.05, 4.69) is 0 Å². The van der Waals surface area contributed by atoms with Gasteiger partial charge in [0, 0.05) is 13.2 Å². The van der Waals surface area contributed by atoms with Crippen molar-refractivity contribution < 1.29 is 18.3 Å². The first-order valence-electron chi connectivity index (χ1n) is 7.14. The number of benzene rings is 1. The van der Waals surface area contributed by atoms with Crippen LogP contribution in [-0.2, 0) is 15.9 Å². The maximum Gasteiger partial charge on any atom is 0.181 e. The third kappa shape index (κ3) is 4.15. The first-order valence-corrected chi connectivity index (χ1v) is 7.14. The van der Waals surface area contributed by atoms with Crippen molar-refractivity contribution in [2.45, 2.75) is 44.8 Å². The third-order valence-corrected chi connectivity index (χ3v) is 3.51. The highest BCUT2D eigenvalue weighted by Crippen LogP contribution is 2.21. The highest BCUT2D eigenvalue weighted by atomic mass is 19.2. The van der Waals surface area contributed by atoms with E-state index in [1.165, 1.54) is 0 Å². The summed E-state index contributed by atoms with van der Waals surface area (Å²) in [5.41, 5.74) is 6.12. The van der Waals surface area contributed by atoms with Crippen molar-refractivity contribution in [2.75, 3.05) is 18.9 Å². The molecule has 1 atom stereocenters. The van der Waals surface area contributed by atoms with Crippen LogP contribution < -0.4 is 5.73 Å². The molecule has 0 aliphatic carbocycles. The van der Waals surface area contributed by atoms with Gasteiger partial charge in [-0.1, -0.05) is 6.07 Å². The van der Waals surface area contributed by atoms with Crippen molar-refractivity contribution in [2.24, 2.45) is 0 Å². The van der Waals surface area contributed by atoms with E-state index >= 15 is 0 Å². The molecule has 3 nitrogen and oxygen atoms in total. The smallest absolute Gasteiger partial charge is 0.181 e. The van der Waals surface area contributed by atoms with E-state index in [-0.39, 0.29) is 12.0 Å². The minimum Gasteiger partial charge on any atom is -0.396 e. The Balaban J connectivity index is 1.67. The van der Waals surface area contributed by atoms with Crippen LogP contribution >= 0.6 is 0 Å². The Morgan fingerprint density at radius 2 is 2.10 bits per heavy atom. The molecule has 2 rings (SSSR count). The summed E-state index contributed by atoms with van der Waals surface area (Å²) in [6.45, 7) is 1.39. The van der Waals surface area contributed by atoms with Crippen molar-refractivity contribution in [1.29, 1.82) is 0 Å². The van der Waals surface area contributed by atoms with Crippen LogP contribution in [0.15, 0.2) is 12.1 Å². The van der Waals surface area contributed by atoms with Gasteiger partial charge in [0.15, 0.2) is 17.9 Å². The summed E-state index contributed by atoms with van der Waals surface area (Å²) >= 11 is 0. The number of unbranched alkanes of at least 4 members (excludes halogenated alkanes) is 1. The number of hydrogen-bond acceptors (Lipinski definition) is 3. The van der Waals surface area contributed by atoms with E-state index in [0.29, 0.717) is 18.6 Å². The summed E-state index contributed by atoms with van der Waals surface area (Å²) in [7, 11) is 0. The molecule has 0 aromatic heterocycles. The molecule has 2 N–H and O–H groups in total. The fourth-order valence-electron chi connectivity index (χ4n) is 2.30. The van der Waals surface area contributed by atoms with Crippen LogP contribution in [0.4, 0.5) is 14.5 Å². The number of nitrogens with two attached hydrogens (primary N) is 1. The Bertz CT molecular complexity index is 434. The van der Waals surface area contributed by atoms with E-state index < -0.39 is 11.6 Å². The Kier molecular flexibility index (Phi) is 5.73. The van der Waals surface area contributed by atoms with Gasteiger partial charge >= 0.3 is 0 Å². The van der Waals surface area contributed by atoms with Crippen molar-refractivity contribution in [3.05, 3.63) is 29.3 Å². The molecule has 1 aromatic rings. The van der Waals surface area contributed by atoms with Gasteiger partial charge in [0.25, 0.3) is 0 Å². The van der Waals surface area contributed by atoms with Crippen molar-refractivity contribution >= 4 is 5.69 Å². The fraction of sp³-hybridized carbons (Fsp3) is 0.600. The van der Waals surface area contributed by atoms with Gasteiger partial charge in [-0.3, -0.25) is 0 Å². The molecular formula is C15H21F2NO2. The zero-order valence-corrected chi connectivity index (χ0v) is 11.5. The third-order valence-electron chi connectivity index (χ3n) is 3.51. The molecule has 1 fully saturated rings. The van der Waals surface area contributed by atoms with E-state index in [1.807, 2.05) is 0 Å². The maximum atomic E-state index is 13.3. The Labute approximate surface area is 118 Å². The van der Waals surface area contributed by atoms with Gasteiger partial charge in [-0.15, -0.1) is 0 Å². The molecular weight excluding hydrogens is 264 g/mol. The van der Waals surface area contributed by atoms with Crippen LogP contribution in [0.5, 0.6) is 0 Å². The molecule has 20 heavy (non-hydrogen) atoms. The average Bonchev–Trinajstić information content (AvgIpc) is 2.48. The molecule has 5 heteroatoms. The maximum absolute atomic E-state index is 13.3. The molecule has 1 aromatic carbocycles. The van der Waals surface area contributed by atoms with Crippen LogP contribution in [0.2, 0.25) is 0 Å². The zero-order chi connectivity index (χ0) is 14.4. The summed E-state index contributed by atoms with van der Waals surface area (Å²) in [6, 6.07) is 2.66. The molecule has 0 saturated carbocycles. The number of rotatable bonds is 6. The Morgan fingerprint density at radius 1 is 1.25 bits per heavy atom. The summed E-state index contributed by atoms with van der Waals surface area (Å²) in [5, 5.41) is 0. The number of nitrogen functional groups attached to an aromatic ring is 1. The lowest BCUT2D eigenvalue weighted by Crippen LogP contribution is -2.22. The number of halogens is 2. The van der Waals surface area contributed by atoms with Gasteiger partial charge < -0.3 is 15.2 Å². The van der Waals surface area contributed by atoms with Crippen LogP contribution in [0.3, 0.4) is 0 Å². The normalized spacial score (nSPS) is 19.2. The molecule has 0 bridgehead atoms. The van der Waals surface area contributed by atoms with Gasteiger partial charge in [-0.2, -0.15) is 0 Å². The predicted molar refractivity (Wildman–Crippen MR) is 73.3 cm³/mol. The first-order chi connectivity index (χ1) is 9.68. The minimum atomic E-state index is -0.950. The molecule has 1 heterocycles. The standard InChI is InChI=1S/C15H21F2NO2/c16-12-8-7-11(15(18)14(12)17)5-1-3-9-19-13-6-2-4-10-20-13/h7-8,13H,1-6,9-10,18H2. The lowest BCUT2D eigenvalue weighted by Gasteiger charge is -2.22. The van der Waals surface area contributed by atoms with Crippen LogP contribution in [-0.4, -0.2) is 19.5 Å². The number of hydrogen-bond donors (Lipinski definition) is 1. The Morgan fingerprint density at radius 3 is 2.85 bits per heavy atom. The lowest BCUT2D eigenvalue weighted by atomic mass is 10.1. The topological polar surface area (TPSA) is 44.5 Å². The number of ether oxygens (including phenoxy) is 2. The van der Waals surface area contributed by atoms with Crippen molar-refractivity contribution in [1.82, 2.24) is 0 Å². The molecule has 0 spiro atoms. The SMILES string of the molecule is Nc1c(CCCCOC2CCCCO2)ccc(F)c1F. The molecule has 1 unspecified atom stereocenters. The van der Waals surface area contributed by atoms with Gasteiger partial charge in [0.05, 0.1) is 5.69 Å². The summed E-state index contributed by atoms with van der Waals surface area (Å²) in [5.74, 6) is -1.85. The first kappa shape index (κ1) is 15.2.